The van der Waals surface area contributed by atoms with Crippen molar-refractivity contribution in [2.24, 2.45) is 28.0 Å². The third-order valence-electron chi connectivity index (χ3n) is 7.39. The smallest absolute Gasteiger partial charge is 0.369 e. The molecule has 0 saturated heterocycles. The van der Waals surface area contributed by atoms with Gasteiger partial charge in [-0.3, -0.25) is 14.4 Å². The van der Waals surface area contributed by atoms with Crippen LogP contribution in [0.4, 0.5) is 32.0 Å². The number of anilines is 1. The van der Waals surface area contributed by atoms with Gasteiger partial charge in [0, 0.05) is 31.0 Å². The predicted molar refractivity (Wildman–Crippen MR) is 133 cm³/mol. The number of nitrogens with two attached hydrogens (primary N) is 1. The number of primary amides is 1. The number of nitrogens with zero attached hydrogens (tertiary/aromatic N) is 2. The topological polar surface area (TPSA) is 105 Å². The Balaban J connectivity index is 1.74. The van der Waals surface area contributed by atoms with E-state index in [2.05, 4.69) is 10.3 Å². The largest absolute Gasteiger partial charge is 0.389 e. The van der Waals surface area contributed by atoms with Gasteiger partial charge in [-0.25, -0.2) is 4.99 Å². The lowest BCUT2D eigenvalue weighted by Gasteiger charge is -2.28. The average Bonchev–Trinajstić information content (AvgIpc) is 3.58. The number of rotatable bonds is 8. The molecule has 3 N–H and O–H groups in total. The minimum Gasteiger partial charge on any atom is -0.369 e. The van der Waals surface area contributed by atoms with Gasteiger partial charge in [-0.05, 0) is 24.8 Å². The van der Waals surface area contributed by atoms with E-state index in [-0.39, 0.29) is 0 Å². The normalized spacial score (nSPS) is 23.5. The second-order valence-electron chi connectivity index (χ2n) is 10.0. The summed E-state index contributed by atoms with van der Waals surface area (Å²) in [5.41, 5.74) is 5.04. The van der Waals surface area contributed by atoms with Gasteiger partial charge in [0.15, 0.2) is 0 Å². The van der Waals surface area contributed by atoms with Crippen LogP contribution in [-0.2, 0) is 14.4 Å². The first-order valence-corrected chi connectivity index (χ1v) is 12.4. The lowest BCUT2D eigenvalue weighted by Crippen LogP contribution is -2.51. The summed E-state index contributed by atoms with van der Waals surface area (Å²) in [6, 6.07) is 15.4. The van der Waals surface area contributed by atoms with Crippen molar-refractivity contribution in [2.75, 3.05) is 11.9 Å². The van der Waals surface area contributed by atoms with Crippen LogP contribution in [0.25, 0.3) is 0 Å². The highest BCUT2D eigenvalue weighted by Gasteiger charge is 2.68. The summed E-state index contributed by atoms with van der Waals surface area (Å²) >= 11 is 0. The van der Waals surface area contributed by atoms with Crippen molar-refractivity contribution in [3.8, 4) is 0 Å². The van der Waals surface area contributed by atoms with Crippen LogP contribution in [0, 0.1) is 17.3 Å². The summed E-state index contributed by atoms with van der Waals surface area (Å²) in [5, 5.41) is 2.35. The molecule has 2 aromatic rings. The molecule has 1 saturated carbocycles. The fourth-order valence-electron chi connectivity index (χ4n) is 5.41. The highest BCUT2D eigenvalue weighted by molar-refractivity contribution is 6.20. The Kier molecular flexibility index (Phi) is 7.70. The van der Waals surface area contributed by atoms with Crippen LogP contribution < -0.4 is 16.0 Å². The maximum atomic E-state index is 13.6. The maximum Gasteiger partial charge on any atom is 0.389 e. The van der Waals surface area contributed by atoms with Crippen LogP contribution in [0.1, 0.15) is 36.8 Å². The van der Waals surface area contributed by atoms with Gasteiger partial charge in [-0.2, -0.15) is 26.3 Å². The van der Waals surface area contributed by atoms with Crippen LogP contribution in [0.2, 0.25) is 0 Å². The van der Waals surface area contributed by atoms with E-state index >= 15 is 0 Å². The highest BCUT2D eigenvalue weighted by Crippen LogP contribution is 2.63. The van der Waals surface area contributed by atoms with E-state index in [9.17, 15) is 40.7 Å². The van der Waals surface area contributed by atoms with E-state index in [0.29, 0.717) is 22.5 Å². The van der Waals surface area contributed by atoms with Crippen molar-refractivity contribution in [3.05, 3.63) is 65.7 Å². The zero-order valence-corrected chi connectivity index (χ0v) is 21.2. The number of carbonyl (C=O) groups is 3. The zero-order valence-electron chi connectivity index (χ0n) is 21.2. The highest BCUT2D eigenvalue weighted by atomic mass is 19.4. The molecule has 7 nitrogen and oxygen atoms in total. The quantitative estimate of drug-likeness (QED) is 0.463. The Hall–Kier alpha value is -3.90. The summed E-state index contributed by atoms with van der Waals surface area (Å²) in [6.07, 6.45) is -15.6. The Bertz CT molecular complexity index is 1330. The van der Waals surface area contributed by atoms with Crippen molar-refractivity contribution in [1.82, 2.24) is 5.32 Å². The fraction of sp³-hybridized carbons (Fsp3) is 0.407. The third-order valence-corrected chi connectivity index (χ3v) is 7.39. The number of carbonyl (C=O) groups excluding carboxylic acids is 3. The number of benzodiazepines with no additional fused rings is 1. The van der Waals surface area contributed by atoms with E-state index in [1.807, 2.05) is 0 Å². The van der Waals surface area contributed by atoms with Crippen molar-refractivity contribution >= 4 is 29.1 Å². The minimum atomic E-state index is -4.75. The first kappa shape index (κ1) is 29.1. The second-order valence-corrected chi connectivity index (χ2v) is 10.0. The molecule has 2 unspecified atom stereocenters. The molecule has 2 aromatic carbocycles. The van der Waals surface area contributed by atoms with Crippen molar-refractivity contribution < 1.29 is 40.7 Å². The molecular weight excluding hydrogens is 542 g/mol. The number of amides is 3. The van der Waals surface area contributed by atoms with Gasteiger partial charge in [0.1, 0.15) is 0 Å². The zero-order chi connectivity index (χ0) is 29.5. The summed E-state index contributed by atoms with van der Waals surface area (Å²) in [7, 11) is 1.43. The van der Waals surface area contributed by atoms with Gasteiger partial charge < -0.3 is 16.0 Å². The summed E-state index contributed by atoms with van der Waals surface area (Å²) in [4.78, 5) is 45.0. The monoisotopic (exact) mass is 568 g/mol. The van der Waals surface area contributed by atoms with Gasteiger partial charge in [-0.15, -0.1) is 0 Å². The molecule has 3 amide bonds. The van der Waals surface area contributed by atoms with E-state index in [0.717, 1.165) is 0 Å². The molecule has 2 aliphatic rings. The van der Waals surface area contributed by atoms with Gasteiger partial charge in [0.05, 0.1) is 22.7 Å². The Morgan fingerprint density at radius 1 is 1.05 bits per heavy atom. The molecule has 1 fully saturated rings. The number of halogens is 6. The van der Waals surface area contributed by atoms with E-state index in [1.165, 1.54) is 11.9 Å². The molecule has 13 heteroatoms. The van der Waals surface area contributed by atoms with Crippen LogP contribution in [0.15, 0.2) is 59.6 Å². The molecule has 0 aromatic heterocycles. The lowest BCUT2D eigenvalue weighted by atomic mass is 9.81. The molecule has 1 heterocycles. The van der Waals surface area contributed by atoms with E-state index < -0.39 is 79.2 Å². The second kappa shape index (κ2) is 10.6. The molecule has 4 rings (SSSR count). The number of nitrogens with one attached hydrogen (secondary N) is 1. The molecule has 1 aliphatic carbocycles. The molecule has 4 atom stereocenters. The number of likely N-dealkylation sites (N-methyl/N-ethyl adjacent to an activating group) is 1. The van der Waals surface area contributed by atoms with Crippen LogP contribution in [0.5, 0.6) is 0 Å². The number of fused-ring (bicyclic) bond motifs is 1. The van der Waals surface area contributed by atoms with Crippen molar-refractivity contribution in [3.63, 3.8) is 0 Å². The number of para-hydroxylation sites is 1. The Morgan fingerprint density at radius 2 is 1.68 bits per heavy atom. The molecule has 0 radical (unpaired) electrons. The van der Waals surface area contributed by atoms with Gasteiger partial charge >= 0.3 is 12.4 Å². The van der Waals surface area contributed by atoms with Crippen LogP contribution >= 0.6 is 0 Å². The molecule has 1 aliphatic heterocycles. The van der Waals surface area contributed by atoms with Crippen LogP contribution in [0.3, 0.4) is 0 Å². The van der Waals surface area contributed by atoms with Gasteiger partial charge in [0.2, 0.25) is 18.0 Å². The number of alkyl halides is 6. The fourth-order valence-corrected chi connectivity index (χ4v) is 5.41. The van der Waals surface area contributed by atoms with Crippen molar-refractivity contribution in [2.45, 2.75) is 44.2 Å². The Labute approximate surface area is 225 Å². The van der Waals surface area contributed by atoms with Crippen LogP contribution in [-0.4, -0.2) is 49.0 Å². The summed E-state index contributed by atoms with van der Waals surface area (Å²) in [6.45, 7) is 0. The third kappa shape index (κ3) is 5.97. The molecule has 0 spiro atoms. The summed E-state index contributed by atoms with van der Waals surface area (Å²) < 4.78 is 78.9. The predicted octanol–water partition coefficient (Wildman–Crippen LogP) is 4.35. The van der Waals surface area contributed by atoms with Gasteiger partial charge in [-0.1, -0.05) is 48.5 Å². The minimum absolute atomic E-state index is 0.305. The number of hydrogen-bond donors (Lipinski definition) is 2. The number of benzene rings is 2. The van der Waals surface area contributed by atoms with Gasteiger partial charge in [0.25, 0.3) is 5.91 Å². The molecule has 0 bridgehead atoms. The lowest BCUT2D eigenvalue weighted by molar-refractivity contribution is -0.153. The molecule has 214 valence electrons. The number of hydrogen-bond acceptors (Lipinski definition) is 4. The average molecular weight is 569 g/mol. The standard InChI is InChI=1S/C27H26F6N4O3/c1-37-19-10-6-5-9-17(19)20(15-7-3-2-4-8-15)35-22(23(37)39)36-24(40)25(13-16(25)14-27(31,32)33)18(21(34)38)11-12-26(28,29)30/h2-10,16,18,22H,11-14H2,1H3,(H2,34,38)(H,36,40)/t16?,18-,22-,25?/m1/s1. The maximum absolute atomic E-state index is 13.6. The summed E-state index contributed by atoms with van der Waals surface area (Å²) in [5.74, 6) is -6.57. The van der Waals surface area contributed by atoms with E-state index in [4.69, 9.17) is 5.73 Å². The SMILES string of the molecule is CN1C(=O)[C@@H](NC(=O)C2([C@H](CCC(F)(F)F)C(N)=O)CC2CC(F)(F)F)N=C(c2ccccc2)c2ccccc21. The number of aliphatic imine (C=N–C) groups is 1. The van der Waals surface area contributed by atoms with Crippen molar-refractivity contribution in [1.29, 1.82) is 0 Å². The Morgan fingerprint density at radius 3 is 2.27 bits per heavy atom. The molecular formula is C27H26F6N4O3. The first-order valence-electron chi connectivity index (χ1n) is 12.4. The first-order chi connectivity index (χ1) is 18.6. The van der Waals surface area contributed by atoms with E-state index in [1.54, 1.807) is 54.6 Å². The molecule has 40 heavy (non-hydrogen) atoms.